The molecule has 1 aromatic rings. The van der Waals surface area contributed by atoms with E-state index in [-0.39, 0.29) is 23.0 Å². The zero-order valence-electron chi connectivity index (χ0n) is 8.21. The molecule has 0 aromatic heterocycles. The van der Waals surface area contributed by atoms with Crippen molar-refractivity contribution in [3.05, 3.63) is 34.6 Å². The molecular weight excluding hydrogens is 217 g/mol. The van der Waals surface area contributed by atoms with Crippen molar-refractivity contribution in [2.75, 3.05) is 13.2 Å². The normalized spacial score (nSPS) is 29.2. The first-order valence-corrected chi connectivity index (χ1v) is 5.28. The molecule has 4 heteroatoms. The summed E-state index contributed by atoms with van der Waals surface area (Å²) in [6, 6.07) is 4.66. The first-order valence-electron chi connectivity index (χ1n) is 4.90. The highest BCUT2D eigenvalue weighted by atomic mass is 35.5. The lowest BCUT2D eigenvalue weighted by molar-refractivity contribution is 0.264. The molecule has 2 atom stereocenters. The minimum Gasteiger partial charge on any atom is -0.396 e. The van der Waals surface area contributed by atoms with Crippen molar-refractivity contribution < 1.29 is 9.50 Å². The third kappa shape index (κ3) is 1.65. The molecule has 1 aliphatic carbocycles. The van der Waals surface area contributed by atoms with Crippen LogP contribution in [0.25, 0.3) is 0 Å². The van der Waals surface area contributed by atoms with Crippen LogP contribution in [0.15, 0.2) is 18.2 Å². The Morgan fingerprint density at radius 1 is 1.60 bits per heavy atom. The lowest BCUT2D eigenvalue weighted by Gasteiger charge is -2.15. The minimum atomic E-state index is -0.422. The molecule has 0 spiro atoms. The molecule has 1 saturated carbocycles. The van der Waals surface area contributed by atoms with Crippen molar-refractivity contribution in [2.45, 2.75) is 11.8 Å². The fourth-order valence-electron chi connectivity index (χ4n) is 2.15. The lowest BCUT2D eigenvalue weighted by atomic mass is 9.93. The Kier molecular flexibility index (Phi) is 2.71. The fourth-order valence-corrected chi connectivity index (χ4v) is 2.33. The van der Waals surface area contributed by atoms with Gasteiger partial charge in [-0.05, 0) is 30.0 Å². The first-order chi connectivity index (χ1) is 7.14. The van der Waals surface area contributed by atoms with Gasteiger partial charge in [-0.1, -0.05) is 17.7 Å². The highest BCUT2D eigenvalue weighted by Gasteiger charge is 2.53. The van der Waals surface area contributed by atoms with Gasteiger partial charge in [-0.2, -0.15) is 0 Å². The van der Waals surface area contributed by atoms with E-state index in [1.54, 1.807) is 12.1 Å². The highest BCUT2D eigenvalue weighted by Crippen LogP contribution is 2.53. The Labute approximate surface area is 92.9 Å². The molecule has 1 fully saturated rings. The van der Waals surface area contributed by atoms with Gasteiger partial charge in [0.05, 0.1) is 5.02 Å². The smallest absolute Gasteiger partial charge is 0.141 e. The van der Waals surface area contributed by atoms with Gasteiger partial charge >= 0.3 is 0 Å². The van der Waals surface area contributed by atoms with Crippen LogP contribution in [-0.4, -0.2) is 18.3 Å². The molecule has 2 nitrogen and oxygen atoms in total. The molecule has 0 heterocycles. The van der Waals surface area contributed by atoms with Crippen LogP contribution in [0.3, 0.4) is 0 Å². The summed E-state index contributed by atoms with van der Waals surface area (Å²) in [4.78, 5) is 0. The molecule has 1 aromatic carbocycles. The van der Waals surface area contributed by atoms with Crippen molar-refractivity contribution >= 4 is 11.6 Å². The van der Waals surface area contributed by atoms with E-state index in [1.165, 1.54) is 6.07 Å². The average Bonchev–Trinajstić information content (AvgIpc) is 2.97. The van der Waals surface area contributed by atoms with Gasteiger partial charge in [-0.25, -0.2) is 4.39 Å². The summed E-state index contributed by atoms with van der Waals surface area (Å²) in [6.45, 7) is 0.576. The van der Waals surface area contributed by atoms with Crippen LogP contribution >= 0.6 is 11.6 Å². The van der Waals surface area contributed by atoms with E-state index in [0.29, 0.717) is 6.54 Å². The van der Waals surface area contributed by atoms with E-state index in [4.69, 9.17) is 22.4 Å². The molecule has 0 saturated heterocycles. The van der Waals surface area contributed by atoms with E-state index in [2.05, 4.69) is 0 Å². The van der Waals surface area contributed by atoms with Crippen LogP contribution in [-0.2, 0) is 5.41 Å². The Balaban J connectivity index is 2.33. The van der Waals surface area contributed by atoms with E-state index >= 15 is 0 Å². The van der Waals surface area contributed by atoms with E-state index in [9.17, 15) is 4.39 Å². The Bertz CT molecular complexity index is 385. The third-order valence-corrected chi connectivity index (χ3v) is 3.60. The summed E-state index contributed by atoms with van der Waals surface area (Å²) in [7, 11) is 0. The van der Waals surface area contributed by atoms with Crippen LogP contribution in [0, 0.1) is 11.7 Å². The molecule has 2 rings (SSSR count). The number of hydrogen-bond acceptors (Lipinski definition) is 2. The van der Waals surface area contributed by atoms with Crippen LogP contribution in [0.2, 0.25) is 5.02 Å². The predicted octanol–water partition coefficient (Wildman–Crippen LogP) is 1.69. The van der Waals surface area contributed by atoms with Gasteiger partial charge in [-0.15, -0.1) is 0 Å². The van der Waals surface area contributed by atoms with E-state index in [0.717, 1.165) is 12.0 Å². The number of rotatable bonds is 3. The maximum atomic E-state index is 13.0. The van der Waals surface area contributed by atoms with Crippen LogP contribution in [0.1, 0.15) is 12.0 Å². The molecule has 1 aliphatic rings. The quantitative estimate of drug-likeness (QED) is 0.829. The Morgan fingerprint density at radius 2 is 2.33 bits per heavy atom. The number of aliphatic hydroxyl groups excluding tert-OH is 1. The van der Waals surface area contributed by atoms with Gasteiger partial charge in [0, 0.05) is 18.6 Å². The zero-order chi connectivity index (χ0) is 11.1. The van der Waals surface area contributed by atoms with Crippen LogP contribution in [0.4, 0.5) is 4.39 Å². The molecule has 82 valence electrons. The molecular formula is C11H13ClFNO. The first kappa shape index (κ1) is 10.9. The van der Waals surface area contributed by atoms with Gasteiger partial charge < -0.3 is 10.8 Å². The van der Waals surface area contributed by atoms with Gasteiger partial charge in [0.2, 0.25) is 0 Å². The second kappa shape index (κ2) is 3.74. The van der Waals surface area contributed by atoms with Gasteiger partial charge in [-0.3, -0.25) is 0 Å². The third-order valence-electron chi connectivity index (χ3n) is 3.31. The maximum absolute atomic E-state index is 13.0. The van der Waals surface area contributed by atoms with Crippen molar-refractivity contribution in [1.29, 1.82) is 0 Å². The topological polar surface area (TPSA) is 46.2 Å². The molecule has 0 aliphatic heterocycles. The zero-order valence-corrected chi connectivity index (χ0v) is 8.97. The maximum Gasteiger partial charge on any atom is 0.141 e. The van der Waals surface area contributed by atoms with E-state index in [1.807, 2.05) is 0 Å². The largest absolute Gasteiger partial charge is 0.396 e. The summed E-state index contributed by atoms with van der Waals surface area (Å²) in [6.07, 6.45) is 0.849. The van der Waals surface area contributed by atoms with Gasteiger partial charge in [0.15, 0.2) is 0 Å². The number of aliphatic hydroxyl groups is 1. The highest BCUT2D eigenvalue weighted by molar-refractivity contribution is 6.30. The fraction of sp³-hybridized carbons (Fsp3) is 0.455. The number of hydrogen-bond donors (Lipinski definition) is 2. The van der Waals surface area contributed by atoms with Crippen molar-refractivity contribution in [2.24, 2.45) is 11.7 Å². The molecule has 1 unspecified atom stereocenters. The number of halogens is 2. The van der Waals surface area contributed by atoms with Crippen LogP contribution < -0.4 is 5.73 Å². The Morgan fingerprint density at radius 3 is 2.80 bits per heavy atom. The molecule has 15 heavy (non-hydrogen) atoms. The van der Waals surface area contributed by atoms with Crippen LogP contribution in [0.5, 0.6) is 0 Å². The second-order valence-corrected chi connectivity index (χ2v) is 4.48. The summed E-state index contributed by atoms with van der Waals surface area (Å²) in [5.74, 6) is -0.238. The molecule has 0 bridgehead atoms. The second-order valence-electron chi connectivity index (χ2n) is 4.07. The Hall–Kier alpha value is -0.640. The summed E-state index contributed by atoms with van der Waals surface area (Å²) in [5, 5.41) is 9.21. The van der Waals surface area contributed by atoms with Crippen molar-refractivity contribution in [1.82, 2.24) is 0 Å². The monoisotopic (exact) mass is 229 g/mol. The number of benzene rings is 1. The number of nitrogens with two attached hydrogens (primary N) is 1. The average molecular weight is 230 g/mol. The van der Waals surface area contributed by atoms with Gasteiger partial charge in [0.1, 0.15) is 5.82 Å². The van der Waals surface area contributed by atoms with Gasteiger partial charge in [0.25, 0.3) is 0 Å². The standard InChI is InChI=1S/C11H13ClFNO/c12-9-3-7(1-2-10(9)13)11(6-14)4-8(11)5-15/h1-3,8,15H,4-6,14H2/t8-,11?/m0/s1. The van der Waals surface area contributed by atoms with E-state index < -0.39 is 5.82 Å². The summed E-state index contributed by atoms with van der Waals surface area (Å²) >= 11 is 5.72. The van der Waals surface area contributed by atoms with Crippen molar-refractivity contribution in [3.8, 4) is 0 Å². The summed E-state index contributed by atoms with van der Waals surface area (Å²) in [5.41, 5.74) is 6.44. The predicted molar refractivity (Wildman–Crippen MR) is 57.3 cm³/mol. The molecule has 3 N–H and O–H groups in total. The summed E-state index contributed by atoms with van der Waals surface area (Å²) < 4.78 is 13.0. The molecule has 0 amide bonds. The SMILES string of the molecule is NCC1(c2ccc(F)c(Cl)c2)C[C@H]1CO. The molecule has 0 radical (unpaired) electrons. The minimum absolute atomic E-state index is 0.115. The van der Waals surface area contributed by atoms with Crippen molar-refractivity contribution in [3.63, 3.8) is 0 Å². The lowest BCUT2D eigenvalue weighted by Crippen LogP contribution is -2.23.